The Balaban J connectivity index is 2.17. The highest BCUT2D eigenvalue weighted by atomic mass is 35.5. The van der Waals surface area contributed by atoms with Crippen LogP contribution in [0.5, 0.6) is 0 Å². The molecule has 0 amide bonds. The second-order valence-corrected chi connectivity index (χ2v) is 7.05. The lowest BCUT2D eigenvalue weighted by Gasteiger charge is -2.09. The predicted molar refractivity (Wildman–Crippen MR) is 96.0 cm³/mol. The van der Waals surface area contributed by atoms with Crippen LogP contribution in [0, 0.1) is 22.7 Å². The van der Waals surface area contributed by atoms with Gasteiger partial charge in [0.15, 0.2) is 0 Å². The van der Waals surface area contributed by atoms with Crippen LogP contribution in [0.4, 0.5) is 11.4 Å². The van der Waals surface area contributed by atoms with Crippen LogP contribution in [0.15, 0.2) is 52.5 Å². The van der Waals surface area contributed by atoms with E-state index >= 15 is 0 Å². The minimum Gasteiger partial charge on any atom is -0.280 e. The van der Waals surface area contributed by atoms with E-state index in [2.05, 4.69) is 15.2 Å². The number of anilines is 2. The van der Waals surface area contributed by atoms with E-state index in [0.717, 1.165) is 0 Å². The lowest BCUT2D eigenvalue weighted by atomic mass is 10.3. The van der Waals surface area contributed by atoms with Gasteiger partial charge in [0.25, 0.3) is 10.0 Å². The topological polar surface area (TPSA) is 118 Å². The third kappa shape index (κ3) is 4.85. The first-order valence-corrected chi connectivity index (χ1v) is 8.81. The summed E-state index contributed by atoms with van der Waals surface area (Å²) < 4.78 is 27.1. The molecule has 0 spiro atoms. The van der Waals surface area contributed by atoms with Gasteiger partial charge < -0.3 is 0 Å². The Morgan fingerprint density at radius 1 is 0.960 bits per heavy atom. The maximum Gasteiger partial charge on any atom is 0.261 e. The largest absolute Gasteiger partial charge is 0.280 e. The Labute approximate surface area is 154 Å². The highest BCUT2D eigenvalue weighted by Crippen LogP contribution is 2.26. The number of sulfonamides is 1. The standard InChI is InChI=1S/C15H9Cl2N5O2S/c16-14-6-3-11(7-15(14)17)22-25(23,24)13-4-1-10(2-5-13)20-21-12(8-18)9-19/h1-7,20,22H. The molecule has 0 aliphatic rings. The number of hydrogen-bond donors (Lipinski definition) is 2. The third-order valence-corrected chi connectivity index (χ3v) is 4.98. The van der Waals surface area contributed by atoms with Crippen molar-refractivity contribution < 1.29 is 8.42 Å². The Hall–Kier alpha value is -2.78. The van der Waals surface area contributed by atoms with Gasteiger partial charge in [0.2, 0.25) is 5.71 Å². The Kier molecular flexibility index (Phi) is 5.84. The van der Waals surface area contributed by atoms with E-state index in [-0.39, 0.29) is 21.3 Å². The highest BCUT2D eigenvalue weighted by molar-refractivity contribution is 7.92. The van der Waals surface area contributed by atoms with E-state index in [0.29, 0.717) is 10.7 Å². The summed E-state index contributed by atoms with van der Waals surface area (Å²) in [7, 11) is -3.82. The van der Waals surface area contributed by atoms with Crippen LogP contribution in [0.2, 0.25) is 10.0 Å². The van der Waals surface area contributed by atoms with Crippen LogP contribution in [0.3, 0.4) is 0 Å². The van der Waals surface area contributed by atoms with Crippen molar-refractivity contribution in [1.82, 2.24) is 0 Å². The van der Waals surface area contributed by atoms with E-state index in [4.69, 9.17) is 33.7 Å². The van der Waals surface area contributed by atoms with Gasteiger partial charge in [-0.1, -0.05) is 23.2 Å². The molecular formula is C15H9Cl2N5O2S. The minimum atomic E-state index is -3.82. The van der Waals surface area contributed by atoms with E-state index in [1.807, 2.05) is 0 Å². The molecule has 0 saturated carbocycles. The number of nitrogens with zero attached hydrogens (tertiary/aromatic N) is 3. The van der Waals surface area contributed by atoms with Crippen molar-refractivity contribution in [3.8, 4) is 12.1 Å². The molecule has 2 aromatic rings. The zero-order valence-corrected chi connectivity index (χ0v) is 14.7. The smallest absolute Gasteiger partial charge is 0.261 e. The number of nitriles is 2. The molecule has 0 fully saturated rings. The molecule has 0 saturated heterocycles. The summed E-state index contributed by atoms with van der Waals surface area (Å²) in [5, 5.41) is 21.3. The van der Waals surface area contributed by atoms with Crippen molar-refractivity contribution in [2.24, 2.45) is 5.10 Å². The molecule has 0 aromatic heterocycles. The minimum absolute atomic E-state index is 0.00823. The van der Waals surface area contributed by atoms with Crippen molar-refractivity contribution in [3.05, 3.63) is 52.5 Å². The number of rotatable bonds is 5. The fraction of sp³-hybridized carbons (Fsp3) is 0. The third-order valence-electron chi connectivity index (χ3n) is 2.85. The second-order valence-electron chi connectivity index (χ2n) is 4.55. The molecule has 2 N–H and O–H groups in total. The van der Waals surface area contributed by atoms with Crippen molar-refractivity contribution in [3.63, 3.8) is 0 Å². The summed E-state index contributed by atoms with van der Waals surface area (Å²) in [6.45, 7) is 0. The zero-order valence-electron chi connectivity index (χ0n) is 12.4. The molecule has 0 radical (unpaired) electrons. The molecule has 0 aliphatic heterocycles. The van der Waals surface area contributed by atoms with Crippen LogP contribution in [0.25, 0.3) is 0 Å². The molecular weight excluding hydrogens is 385 g/mol. The van der Waals surface area contributed by atoms with Crippen LogP contribution < -0.4 is 10.1 Å². The number of nitrogens with one attached hydrogen (secondary N) is 2. The number of hydrogen-bond acceptors (Lipinski definition) is 6. The molecule has 10 heteroatoms. The van der Waals surface area contributed by atoms with Crippen LogP contribution in [-0.4, -0.2) is 14.1 Å². The highest BCUT2D eigenvalue weighted by Gasteiger charge is 2.14. The van der Waals surface area contributed by atoms with E-state index in [1.165, 1.54) is 42.5 Å². The van der Waals surface area contributed by atoms with Gasteiger partial charge in [-0.2, -0.15) is 15.6 Å². The lowest BCUT2D eigenvalue weighted by molar-refractivity contribution is 0.601. The summed E-state index contributed by atoms with van der Waals surface area (Å²) >= 11 is 11.7. The quantitative estimate of drug-likeness (QED) is 0.593. The van der Waals surface area contributed by atoms with Crippen molar-refractivity contribution in [2.75, 3.05) is 10.1 Å². The molecule has 0 heterocycles. The number of hydrazone groups is 1. The fourth-order valence-corrected chi connectivity index (χ4v) is 3.03. The monoisotopic (exact) mass is 393 g/mol. The first-order chi connectivity index (χ1) is 11.9. The summed E-state index contributed by atoms with van der Waals surface area (Å²) in [6, 6.07) is 13.1. The average molecular weight is 394 g/mol. The van der Waals surface area contributed by atoms with Gasteiger partial charge in [-0.05, 0) is 42.5 Å². The summed E-state index contributed by atoms with van der Waals surface area (Å²) in [4.78, 5) is 0.00823. The van der Waals surface area contributed by atoms with Crippen LogP contribution in [-0.2, 0) is 10.0 Å². The van der Waals surface area contributed by atoms with Gasteiger partial charge in [-0.15, -0.1) is 0 Å². The molecule has 2 aromatic carbocycles. The molecule has 25 heavy (non-hydrogen) atoms. The number of benzene rings is 2. The fourth-order valence-electron chi connectivity index (χ4n) is 1.68. The maximum absolute atomic E-state index is 12.3. The normalized spacial score (nSPS) is 10.2. The Bertz CT molecular complexity index is 990. The predicted octanol–water partition coefficient (Wildman–Crippen LogP) is 3.61. The van der Waals surface area contributed by atoms with Crippen LogP contribution >= 0.6 is 23.2 Å². The van der Waals surface area contributed by atoms with Crippen molar-refractivity contribution in [1.29, 1.82) is 10.5 Å². The van der Waals surface area contributed by atoms with E-state index in [9.17, 15) is 8.42 Å². The summed E-state index contributed by atoms with van der Waals surface area (Å²) in [5.41, 5.74) is 2.82. The molecule has 2 rings (SSSR count). The van der Waals surface area contributed by atoms with Crippen molar-refractivity contribution in [2.45, 2.75) is 4.90 Å². The van der Waals surface area contributed by atoms with Gasteiger partial charge in [0.05, 0.1) is 26.3 Å². The SMILES string of the molecule is N#CC(C#N)=NNc1ccc(S(=O)(=O)Nc2ccc(Cl)c(Cl)c2)cc1. The van der Waals surface area contributed by atoms with Gasteiger partial charge in [-0.25, -0.2) is 8.42 Å². The number of halogens is 2. The summed E-state index contributed by atoms with van der Waals surface area (Å²) in [5.74, 6) is 0. The van der Waals surface area contributed by atoms with Gasteiger partial charge in [0, 0.05) is 0 Å². The Morgan fingerprint density at radius 3 is 2.12 bits per heavy atom. The molecule has 0 unspecified atom stereocenters. The Morgan fingerprint density at radius 2 is 1.56 bits per heavy atom. The second kappa shape index (κ2) is 7.86. The van der Waals surface area contributed by atoms with E-state index in [1.54, 1.807) is 12.1 Å². The van der Waals surface area contributed by atoms with Gasteiger partial charge in [-0.3, -0.25) is 10.1 Å². The first kappa shape index (κ1) is 18.6. The molecule has 7 nitrogen and oxygen atoms in total. The molecule has 0 atom stereocenters. The molecule has 126 valence electrons. The summed E-state index contributed by atoms with van der Waals surface area (Å²) in [6.07, 6.45) is 0. The molecule has 0 bridgehead atoms. The first-order valence-electron chi connectivity index (χ1n) is 6.57. The van der Waals surface area contributed by atoms with Gasteiger partial charge >= 0.3 is 0 Å². The zero-order chi connectivity index (χ0) is 18.4. The lowest BCUT2D eigenvalue weighted by Crippen LogP contribution is -2.12. The van der Waals surface area contributed by atoms with Gasteiger partial charge in [0.1, 0.15) is 12.1 Å². The van der Waals surface area contributed by atoms with Crippen molar-refractivity contribution >= 4 is 50.3 Å². The maximum atomic E-state index is 12.3. The average Bonchev–Trinajstić information content (AvgIpc) is 2.59. The molecule has 0 aliphatic carbocycles. The van der Waals surface area contributed by atoms with Crippen LogP contribution in [0.1, 0.15) is 0 Å². The van der Waals surface area contributed by atoms with E-state index < -0.39 is 10.0 Å².